The van der Waals surface area contributed by atoms with Crippen LogP contribution < -0.4 is 0 Å². The van der Waals surface area contributed by atoms with E-state index >= 15 is 0 Å². The summed E-state index contributed by atoms with van der Waals surface area (Å²) in [6, 6.07) is 11.2. The van der Waals surface area contributed by atoms with Crippen LogP contribution in [0, 0.1) is 6.92 Å². The first-order valence-corrected chi connectivity index (χ1v) is 5.80. The van der Waals surface area contributed by atoms with Gasteiger partial charge in [-0.1, -0.05) is 23.8 Å². The van der Waals surface area contributed by atoms with E-state index in [1.54, 1.807) is 10.7 Å². The molecule has 0 atom stereocenters. The molecule has 0 unspecified atom stereocenters. The lowest BCUT2D eigenvalue weighted by atomic mass is 10.1. The molecule has 0 spiro atoms. The number of hydrogen-bond acceptors (Lipinski definition) is 3. The molecule has 5 nitrogen and oxygen atoms in total. The van der Waals surface area contributed by atoms with Gasteiger partial charge in [-0.15, -0.1) is 0 Å². The minimum atomic E-state index is -1.05. The summed E-state index contributed by atoms with van der Waals surface area (Å²) >= 11 is 0. The van der Waals surface area contributed by atoms with Crippen molar-refractivity contribution in [2.75, 3.05) is 0 Å². The van der Waals surface area contributed by atoms with Crippen LogP contribution in [0.15, 0.2) is 42.6 Å². The molecule has 0 amide bonds. The van der Waals surface area contributed by atoms with Crippen molar-refractivity contribution in [2.45, 2.75) is 6.92 Å². The second kappa shape index (κ2) is 4.20. The first-order valence-electron chi connectivity index (χ1n) is 5.80. The van der Waals surface area contributed by atoms with Crippen LogP contribution >= 0.6 is 0 Å². The number of aryl methyl sites for hydroxylation is 1. The molecule has 0 aliphatic heterocycles. The van der Waals surface area contributed by atoms with Gasteiger partial charge in [-0.3, -0.25) is 0 Å². The highest BCUT2D eigenvalue weighted by Crippen LogP contribution is 2.21. The van der Waals surface area contributed by atoms with Gasteiger partial charge in [0.1, 0.15) is 0 Å². The van der Waals surface area contributed by atoms with Crippen LogP contribution in [0.25, 0.3) is 16.9 Å². The molecule has 5 heteroatoms. The van der Waals surface area contributed by atoms with E-state index in [1.807, 2.05) is 37.3 Å². The van der Waals surface area contributed by atoms with Crippen LogP contribution in [0.3, 0.4) is 0 Å². The van der Waals surface area contributed by atoms with Gasteiger partial charge in [-0.05, 0) is 19.1 Å². The highest BCUT2D eigenvalue weighted by molar-refractivity contribution is 5.86. The van der Waals surface area contributed by atoms with Gasteiger partial charge in [0.15, 0.2) is 11.3 Å². The molecule has 0 saturated heterocycles. The Morgan fingerprint density at radius 1 is 1.26 bits per heavy atom. The van der Waals surface area contributed by atoms with E-state index in [2.05, 4.69) is 10.1 Å². The Labute approximate surface area is 109 Å². The predicted molar refractivity (Wildman–Crippen MR) is 70.1 cm³/mol. The summed E-state index contributed by atoms with van der Waals surface area (Å²) in [6.07, 6.45) is 1.65. The third-order valence-corrected chi connectivity index (χ3v) is 2.89. The SMILES string of the molecule is Cc1cccc(-c2ccnc3cc(C(=O)O)nn23)c1. The lowest BCUT2D eigenvalue weighted by Crippen LogP contribution is -1.99. The average Bonchev–Trinajstić information content (AvgIpc) is 2.82. The molecule has 94 valence electrons. The number of hydrogen-bond donors (Lipinski definition) is 1. The molecule has 3 aromatic rings. The first kappa shape index (κ1) is 11.4. The number of carboxylic acid groups (broad SMARTS) is 1. The van der Waals surface area contributed by atoms with Gasteiger partial charge in [-0.25, -0.2) is 14.3 Å². The van der Waals surface area contributed by atoms with Crippen molar-refractivity contribution in [1.82, 2.24) is 14.6 Å². The van der Waals surface area contributed by atoms with Crippen molar-refractivity contribution in [2.24, 2.45) is 0 Å². The molecule has 1 N–H and O–H groups in total. The summed E-state index contributed by atoms with van der Waals surface area (Å²) in [4.78, 5) is 15.1. The zero-order chi connectivity index (χ0) is 13.4. The van der Waals surface area contributed by atoms with Crippen molar-refractivity contribution in [3.63, 3.8) is 0 Å². The van der Waals surface area contributed by atoms with Gasteiger partial charge in [-0.2, -0.15) is 5.10 Å². The zero-order valence-electron chi connectivity index (χ0n) is 10.2. The largest absolute Gasteiger partial charge is 0.476 e. The van der Waals surface area contributed by atoms with E-state index in [4.69, 9.17) is 5.11 Å². The van der Waals surface area contributed by atoms with E-state index in [0.717, 1.165) is 16.8 Å². The fourth-order valence-corrected chi connectivity index (χ4v) is 2.02. The molecular weight excluding hydrogens is 242 g/mol. The lowest BCUT2D eigenvalue weighted by molar-refractivity contribution is 0.0690. The topological polar surface area (TPSA) is 67.5 Å². The second-order valence-corrected chi connectivity index (χ2v) is 4.30. The quantitative estimate of drug-likeness (QED) is 0.761. The highest BCUT2D eigenvalue weighted by Gasteiger charge is 2.12. The molecule has 2 heterocycles. The zero-order valence-corrected chi connectivity index (χ0v) is 10.2. The number of fused-ring (bicyclic) bond motifs is 1. The summed E-state index contributed by atoms with van der Waals surface area (Å²) in [7, 11) is 0. The van der Waals surface area contributed by atoms with Gasteiger partial charge in [0, 0.05) is 17.8 Å². The molecular formula is C14H11N3O2. The van der Waals surface area contributed by atoms with Crippen LogP contribution in [0.1, 0.15) is 16.1 Å². The average molecular weight is 253 g/mol. The van der Waals surface area contributed by atoms with Crippen molar-refractivity contribution >= 4 is 11.6 Å². The minimum Gasteiger partial charge on any atom is -0.476 e. The van der Waals surface area contributed by atoms with Crippen molar-refractivity contribution in [3.05, 3.63) is 53.9 Å². The maximum Gasteiger partial charge on any atom is 0.356 e. The van der Waals surface area contributed by atoms with E-state index in [-0.39, 0.29) is 5.69 Å². The molecule has 2 aromatic heterocycles. The van der Waals surface area contributed by atoms with Crippen LogP contribution in [0.5, 0.6) is 0 Å². The Bertz CT molecular complexity index is 777. The monoisotopic (exact) mass is 253 g/mol. The fraction of sp³-hybridized carbons (Fsp3) is 0.0714. The number of benzene rings is 1. The molecule has 3 rings (SSSR count). The first-order chi connectivity index (χ1) is 9.15. The smallest absolute Gasteiger partial charge is 0.356 e. The molecule has 1 aromatic carbocycles. The Balaban J connectivity index is 2.26. The number of carbonyl (C=O) groups is 1. The lowest BCUT2D eigenvalue weighted by Gasteiger charge is -2.05. The third kappa shape index (κ3) is 1.95. The molecule has 0 radical (unpaired) electrons. The van der Waals surface area contributed by atoms with E-state index in [9.17, 15) is 4.79 Å². The van der Waals surface area contributed by atoms with Crippen molar-refractivity contribution in [3.8, 4) is 11.3 Å². The molecule has 0 fully saturated rings. The minimum absolute atomic E-state index is 0.00685. The number of nitrogens with zero attached hydrogens (tertiary/aromatic N) is 3. The Kier molecular flexibility index (Phi) is 2.52. The Morgan fingerprint density at radius 3 is 2.84 bits per heavy atom. The Morgan fingerprint density at radius 2 is 2.11 bits per heavy atom. The summed E-state index contributed by atoms with van der Waals surface area (Å²) in [5.74, 6) is -1.05. The molecule has 0 aliphatic carbocycles. The second-order valence-electron chi connectivity index (χ2n) is 4.30. The van der Waals surface area contributed by atoms with Crippen LogP contribution in [0.2, 0.25) is 0 Å². The highest BCUT2D eigenvalue weighted by atomic mass is 16.4. The van der Waals surface area contributed by atoms with Crippen molar-refractivity contribution < 1.29 is 9.90 Å². The van der Waals surface area contributed by atoms with E-state index in [1.165, 1.54) is 6.07 Å². The standard InChI is InChI=1S/C14H11N3O2/c1-9-3-2-4-10(7-9)12-5-6-15-13-8-11(14(18)19)16-17(12)13/h2-8H,1H3,(H,18,19). The number of carboxylic acids is 1. The van der Waals surface area contributed by atoms with E-state index < -0.39 is 5.97 Å². The molecule has 0 bridgehead atoms. The normalized spacial score (nSPS) is 10.8. The van der Waals surface area contributed by atoms with Crippen LogP contribution in [0.4, 0.5) is 0 Å². The maximum atomic E-state index is 11.0. The number of aromatic carboxylic acids is 1. The fourth-order valence-electron chi connectivity index (χ4n) is 2.02. The van der Waals surface area contributed by atoms with Gasteiger partial charge in [0.05, 0.1) is 5.69 Å². The van der Waals surface area contributed by atoms with E-state index in [0.29, 0.717) is 5.65 Å². The summed E-state index contributed by atoms with van der Waals surface area (Å²) in [5.41, 5.74) is 3.45. The predicted octanol–water partition coefficient (Wildman–Crippen LogP) is 2.40. The van der Waals surface area contributed by atoms with Crippen molar-refractivity contribution in [1.29, 1.82) is 0 Å². The number of rotatable bonds is 2. The van der Waals surface area contributed by atoms with Gasteiger partial charge < -0.3 is 5.11 Å². The Hall–Kier alpha value is -2.69. The van der Waals surface area contributed by atoms with Gasteiger partial charge in [0.25, 0.3) is 0 Å². The molecule has 0 aliphatic rings. The number of aromatic nitrogens is 3. The molecule has 19 heavy (non-hydrogen) atoms. The van der Waals surface area contributed by atoms with Gasteiger partial charge >= 0.3 is 5.97 Å². The van der Waals surface area contributed by atoms with Crippen LogP contribution in [-0.4, -0.2) is 25.7 Å². The third-order valence-electron chi connectivity index (χ3n) is 2.89. The maximum absolute atomic E-state index is 11.0. The van der Waals surface area contributed by atoms with Gasteiger partial charge in [0.2, 0.25) is 0 Å². The summed E-state index contributed by atoms with van der Waals surface area (Å²) < 4.78 is 1.55. The summed E-state index contributed by atoms with van der Waals surface area (Å²) in [6.45, 7) is 2.01. The summed E-state index contributed by atoms with van der Waals surface area (Å²) in [5, 5.41) is 13.1. The molecule has 0 saturated carbocycles. The van der Waals surface area contributed by atoms with Crippen LogP contribution in [-0.2, 0) is 0 Å².